The Bertz CT molecular complexity index is 808. The largest absolute Gasteiger partial charge is 0.445 e. The molecule has 2 N–H and O–H groups in total. The summed E-state index contributed by atoms with van der Waals surface area (Å²) in [5, 5.41) is 4.97. The summed E-state index contributed by atoms with van der Waals surface area (Å²) in [7, 11) is 0. The second kappa shape index (κ2) is 10.6. The van der Waals surface area contributed by atoms with Crippen LogP contribution in [-0.4, -0.2) is 36.2 Å². The van der Waals surface area contributed by atoms with Crippen molar-refractivity contribution in [1.29, 1.82) is 0 Å². The summed E-state index contributed by atoms with van der Waals surface area (Å²) in [4.78, 5) is 46.7. The molecule has 0 aliphatic carbocycles. The maximum atomic E-state index is 12.5. The summed E-state index contributed by atoms with van der Waals surface area (Å²) in [5.41, 5.74) is 1.63. The molecule has 28 heavy (non-hydrogen) atoms. The molecule has 0 radical (unpaired) electrons. The van der Waals surface area contributed by atoms with Gasteiger partial charge in [-0.25, -0.2) is 4.79 Å². The zero-order chi connectivity index (χ0) is 20.4. The summed E-state index contributed by atoms with van der Waals surface area (Å²) in [6, 6.07) is 16.3. The van der Waals surface area contributed by atoms with Crippen LogP contribution < -0.4 is 10.6 Å². The number of ether oxygens (including phenoxy) is 1. The highest BCUT2D eigenvalue weighted by molar-refractivity contribution is 6.27. The number of Topliss-reactive ketones (excluding diaryl/α,β-unsaturated/α-hetero) is 1. The average Bonchev–Trinajstić information content (AvgIpc) is 2.72. The molecule has 7 heteroatoms. The molecule has 2 atom stereocenters. The molecule has 0 spiro atoms. The lowest BCUT2D eigenvalue weighted by atomic mass is 10.0. The zero-order valence-corrected chi connectivity index (χ0v) is 15.5. The number of hydrogen-bond donors (Lipinski definition) is 2. The van der Waals surface area contributed by atoms with Gasteiger partial charge in [0.1, 0.15) is 12.6 Å². The molecule has 0 fully saturated rings. The molecule has 0 aliphatic heterocycles. The average molecular weight is 382 g/mol. The van der Waals surface area contributed by atoms with Gasteiger partial charge >= 0.3 is 6.09 Å². The van der Waals surface area contributed by atoms with Gasteiger partial charge < -0.3 is 15.4 Å². The first-order valence-electron chi connectivity index (χ1n) is 8.80. The van der Waals surface area contributed by atoms with Gasteiger partial charge in [-0.15, -0.1) is 0 Å². The number of rotatable bonds is 9. The van der Waals surface area contributed by atoms with Crippen molar-refractivity contribution in [2.45, 2.75) is 32.0 Å². The Morgan fingerprint density at radius 3 is 2.07 bits per heavy atom. The predicted molar refractivity (Wildman–Crippen MR) is 102 cm³/mol. The van der Waals surface area contributed by atoms with Crippen molar-refractivity contribution in [3.63, 3.8) is 0 Å². The number of benzene rings is 2. The molecule has 2 amide bonds. The van der Waals surface area contributed by atoms with Gasteiger partial charge in [0, 0.05) is 6.42 Å². The molecular formula is C21H22N2O5. The molecule has 0 saturated heterocycles. The fraction of sp³-hybridized carbons (Fsp3) is 0.238. The molecular weight excluding hydrogens is 360 g/mol. The number of carbonyl (C=O) groups is 4. The third kappa shape index (κ3) is 6.68. The Labute approximate surface area is 163 Å². The lowest BCUT2D eigenvalue weighted by Gasteiger charge is -2.20. The zero-order valence-electron chi connectivity index (χ0n) is 15.5. The van der Waals surface area contributed by atoms with Crippen LogP contribution in [0.1, 0.15) is 18.1 Å². The van der Waals surface area contributed by atoms with E-state index in [1.54, 1.807) is 0 Å². The molecule has 0 saturated carbocycles. The summed E-state index contributed by atoms with van der Waals surface area (Å²) in [6.07, 6.45) is -0.400. The summed E-state index contributed by atoms with van der Waals surface area (Å²) in [6.45, 7) is 1.47. The van der Waals surface area contributed by atoms with Crippen molar-refractivity contribution in [3.05, 3.63) is 71.8 Å². The Hall–Kier alpha value is -3.48. The molecule has 146 valence electrons. The van der Waals surface area contributed by atoms with Gasteiger partial charge in [-0.05, 0) is 18.1 Å². The number of amides is 2. The van der Waals surface area contributed by atoms with E-state index in [-0.39, 0.29) is 19.3 Å². The predicted octanol–water partition coefficient (Wildman–Crippen LogP) is 1.80. The molecule has 2 rings (SSSR count). The van der Waals surface area contributed by atoms with E-state index in [0.717, 1.165) is 11.1 Å². The molecule has 0 aliphatic rings. The standard InChI is InChI=1S/C21H22N2O5/c1-15(19(25)13-24)22-20(26)18(12-16-8-4-2-5-9-16)23-21(27)28-14-17-10-6-3-7-11-17/h2-11,13,15,18H,12,14H2,1H3,(H,22,26)(H,23,27)/t15-,18-/m0/s1. The monoisotopic (exact) mass is 382 g/mol. The van der Waals surface area contributed by atoms with Crippen LogP contribution in [0.4, 0.5) is 4.79 Å². The van der Waals surface area contributed by atoms with Crippen molar-refractivity contribution in [2.24, 2.45) is 0 Å². The first-order chi connectivity index (χ1) is 13.5. The summed E-state index contributed by atoms with van der Waals surface area (Å²) in [5.74, 6) is -1.33. The quantitative estimate of drug-likeness (QED) is 0.509. The van der Waals surface area contributed by atoms with Crippen LogP contribution in [-0.2, 0) is 32.1 Å². The van der Waals surface area contributed by atoms with Gasteiger partial charge in [-0.1, -0.05) is 60.7 Å². The minimum Gasteiger partial charge on any atom is -0.445 e. The number of aldehydes is 1. The first-order valence-corrected chi connectivity index (χ1v) is 8.80. The van der Waals surface area contributed by atoms with Crippen LogP contribution in [0.5, 0.6) is 0 Å². The molecule has 0 aromatic heterocycles. The molecule has 2 aromatic carbocycles. The van der Waals surface area contributed by atoms with Crippen molar-refractivity contribution in [3.8, 4) is 0 Å². The van der Waals surface area contributed by atoms with Gasteiger partial charge in [0.05, 0.1) is 6.04 Å². The van der Waals surface area contributed by atoms with E-state index in [9.17, 15) is 19.2 Å². The van der Waals surface area contributed by atoms with E-state index in [1.807, 2.05) is 60.7 Å². The van der Waals surface area contributed by atoms with Crippen molar-refractivity contribution in [2.75, 3.05) is 0 Å². The maximum absolute atomic E-state index is 12.5. The van der Waals surface area contributed by atoms with Crippen molar-refractivity contribution < 1.29 is 23.9 Å². The lowest BCUT2D eigenvalue weighted by molar-refractivity contribution is -0.133. The van der Waals surface area contributed by atoms with Gasteiger partial charge in [0.25, 0.3) is 0 Å². The fourth-order valence-electron chi connectivity index (χ4n) is 2.45. The normalized spacial score (nSPS) is 12.3. The molecule has 0 bridgehead atoms. The smallest absolute Gasteiger partial charge is 0.408 e. The van der Waals surface area contributed by atoms with Gasteiger partial charge in [0.15, 0.2) is 6.29 Å². The van der Waals surface area contributed by atoms with E-state index in [4.69, 9.17) is 4.74 Å². The van der Waals surface area contributed by atoms with Crippen LogP contribution in [0, 0.1) is 0 Å². The lowest BCUT2D eigenvalue weighted by Crippen LogP contribution is -2.52. The third-order valence-corrected chi connectivity index (χ3v) is 4.01. The van der Waals surface area contributed by atoms with E-state index in [2.05, 4.69) is 10.6 Å². The van der Waals surface area contributed by atoms with Gasteiger partial charge in [-0.3, -0.25) is 14.4 Å². The van der Waals surface area contributed by atoms with Gasteiger partial charge in [-0.2, -0.15) is 0 Å². The van der Waals surface area contributed by atoms with E-state index < -0.39 is 29.9 Å². The Kier molecular flexibility index (Phi) is 7.90. The molecule has 0 heterocycles. The van der Waals surface area contributed by atoms with Crippen molar-refractivity contribution >= 4 is 24.1 Å². The SMILES string of the molecule is C[C@H](NC(=O)[C@H](Cc1ccccc1)NC(=O)OCc1ccccc1)C(=O)C=O. The first kappa shape index (κ1) is 20.8. The molecule has 7 nitrogen and oxygen atoms in total. The fourth-order valence-corrected chi connectivity index (χ4v) is 2.45. The number of hydrogen-bond acceptors (Lipinski definition) is 5. The Morgan fingerprint density at radius 2 is 1.50 bits per heavy atom. The van der Waals surface area contributed by atoms with Crippen molar-refractivity contribution in [1.82, 2.24) is 10.6 Å². The summed E-state index contributed by atoms with van der Waals surface area (Å²) >= 11 is 0. The van der Waals surface area contributed by atoms with Crippen LogP contribution in [0.15, 0.2) is 60.7 Å². The number of nitrogens with one attached hydrogen (secondary N) is 2. The van der Waals surface area contributed by atoms with Crippen LogP contribution in [0.3, 0.4) is 0 Å². The van der Waals surface area contributed by atoms with Crippen LogP contribution in [0.2, 0.25) is 0 Å². The van der Waals surface area contributed by atoms with Crippen LogP contribution >= 0.6 is 0 Å². The van der Waals surface area contributed by atoms with Crippen LogP contribution in [0.25, 0.3) is 0 Å². The third-order valence-electron chi connectivity index (χ3n) is 4.01. The molecule has 2 aromatic rings. The highest BCUT2D eigenvalue weighted by Crippen LogP contribution is 2.06. The van der Waals surface area contributed by atoms with E-state index in [0.29, 0.717) is 0 Å². The topological polar surface area (TPSA) is 102 Å². The Balaban J connectivity index is 2.02. The number of alkyl carbamates (subject to hydrolysis) is 1. The second-order valence-corrected chi connectivity index (χ2v) is 6.20. The minimum absolute atomic E-state index is 0.0619. The van der Waals surface area contributed by atoms with E-state index >= 15 is 0 Å². The Morgan fingerprint density at radius 1 is 0.929 bits per heavy atom. The minimum atomic E-state index is -0.981. The highest BCUT2D eigenvalue weighted by atomic mass is 16.5. The number of carbonyl (C=O) groups excluding carboxylic acids is 4. The highest BCUT2D eigenvalue weighted by Gasteiger charge is 2.25. The molecule has 0 unspecified atom stereocenters. The van der Waals surface area contributed by atoms with E-state index in [1.165, 1.54) is 6.92 Å². The van der Waals surface area contributed by atoms with Gasteiger partial charge in [0.2, 0.25) is 11.7 Å². The maximum Gasteiger partial charge on any atom is 0.408 e. The summed E-state index contributed by atoms with van der Waals surface area (Å²) < 4.78 is 5.17. The number of ketones is 1. The second-order valence-electron chi connectivity index (χ2n) is 6.20.